The molecule has 2 bridgehead atoms. The van der Waals surface area contributed by atoms with Gasteiger partial charge in [-0.25, -0.2) is 0 Å². The Morgan fingerprint density at radius 2 is 0.485 bits per heavy atom. The first-order valence-corrected chi connectivity index (χ1v) is 56.2. The van der Waals surface area contributed by atoms with Crippen molar-refractivity contribution in [1.82, 2.24) is 0 Å². The van der Waals surface area contributed by atoms with Gasteiger partial charge in [0.1, 0.15) is 0 Å². The quantitative estimate of drug-likeness (QED) is 0.178. The van der Waals surface area contributed by atoms with E-state index in [9.17, 15) is 0 Å². The van der Waals surface area contributed by atoms with Gasteiger partial charge in [0.25, 0.3) is 0 Å². The summed E-state index contributed by atoms with van der Waals surface area (Å²) in [5.74, 6) is 0. The standard InChI is InChI=1S/C20H54Ge2S5Si6/c1-28(2,3)19(29(4,5)6,30(7,8)9)21-23-22(26-24-21,27-25-21)20(31(10,11)12,32(13,14)15)33(16,17)18/h1-18H3. The first kappa shape index (κ1) is 33.3. The summed E-state index contributed by atoms with van der Waals surface area (Å²) in [6, 6.07) is 0. The first-order chi connectivity index (χ1) is 14.1. The van der Waals surface area contributed by atoms with Crippen molar-refractivity contribution in [3.8, 4) is 0 Å². The van der Waals surface area contributed by atoms with Crippen molar-refractivity contribution >= 4 is 113 Å². The fraction of sp³-hybridized carbons (Fsp3) is 1.00. The Bertz CT molecular complexity index is 625. The molecule has 196 valence electrons. The van der Waals surface area contributed by atoms with Gasteiger partial charge in [-0.05, 0) is 0 Å². The average molecular weight is 769 g/mol. The molecular formula is C20H54Ge2S5Si6. The SMILES string of the molecule is C[Si](C)(C)[C]([Si](C)(C)C)([Si](C)(C)C)[Ge]12[S][S][Ge]([C]([Si](C)(C)C)([Si](C)(C)C)[Si](C)(C)C)([S][S]1)[S]2. The number of hydrogen-bond acceptors (Lipinski definition) is 5. The molecule has 0 aromatic heterocycles. The van der Waals surface area contributed by atoms with Gasteiger partial charge in [-0.2, -0.15) is 0 Å². The molecule has 0 N–H and O–H groups in total. The molecule has 2 saturated heterocycles. The fourth-order valence-corrected chi connectivity index (χ4v) is 515. The third kappa shape index (κ3) is 4.56. The molecule has 2 rings (SSSR count). The van der Waals surface area contributed by atoms with Crippen molar-refractivity contribution in [2.75, 3.05) is 0 Å². The van der Waals surface area contributed by atoms with Crippen molar-refractivity contribution in [3.05, 3.63) is 0 Å². The molecule has 0 radical (unpaired) electrons. The van der Waals surface area contributed by atoms with Crippen molar-refractivity contribution in [3.63, 3.8) is 0 Å². The predicted molar refractivity (Wildman–Crippen MR) is 195 cm³/mol. The third-order valence-corrected chi connectivity index (χ3v) is 234. The van der Waals surface area contributed by atoms with Gasteiger partial charge >= 0.3 is 237 Å². The fourth-order valence-electron chi connectivity index (χ4n) is 10.4. The molecule has 0 saturated carbocycles. The summed E-state index contributed by atoms with van der Waals surface area (Å²) in [6.45, 7) is 50.7. The van der Waals surface area contributed by atoms with Crippen molar-refractivity contribution < 1.29 is 0 Å². The van der Waals surface area contributed by atoms with E-state index in [2.05, 4.69) is 163 Å². The summed E-state index contributed by atoms with van der Waals surface area (Å²) in [7, 11) is 0.595. The Hall–Kier alpha value is 4.14. The zero-order valence-corrected chi connectivity index (χ0v) is 39.3. The van der Waals surface area contributed by atoms with Gasteiger partial charge in [-0.1, -0.05) is 0 Å². The van der Waals surface area contributed by atoms with E-state index in [1.165, 1.54) is 0 Å². The van der Waals surface area contributed by atoms with Crippen LogP contribution in [-0.4, -0.2) is 68.1 Å². The maximum absolute atomic E-state index is 2.94. The Balaban J connectivity index is 2.96. The topological polar surface area (TPSA) is 0 Å². The van der Waals surface area contributed by atoms with Gasteiger partial charge in [-0.15, -0.1) is 0 Å². The van der Waals surface area contributed by atoms with E-state index in [-0.39, 0.29) is 0 Å². The summed E-state index contributed by atoms with van der Waals surface area (Å²) >= 11 is 0. The van der Waals surface area contributed by atoms with Crippen LogP contribution >= 0.6 is 44.9 Å². The molecule has 0 aromatic rings. The Labute approximate surface area is 234 Å². The normalized spacial score (nSPS) is 28.5. The Morgan fingerprint density at radius 1 is 0.333 bits per heavy atom. The van der Waals surface area contributed by atoms with Crippen LogP contribution < -0.4 is 0 Å². The Morgan fingerprint density at radius 3 is 0.606 bits per heavy atom. The molecule has 13 heteroatoms. The van der Waals surface area contributed by atoms with Gasteiger partial charge in [0.2, 0.25) is 0 Å². The number of rotatable bonds is 8. The molecule has 0 unspecified atom stereocenters. The van der Waals surface area contributed by atoms with E-state index < -0.39 is 68.1 Å². The van der Waals surface area contributed by atoms with Crippen LogP contribution in [0.15, 0.2) is 0 Å². The van der Waals surface area contributed by atoms with Crippen LogP contribution in [0, 0.1) is 0 Å². The first-order valence-electron chi connectivity index (χ1n) is 12.6. The van der Waals surface area contributed by atoms with E-state index in [1.54, 1.807) is 0 Å². The third-order valence-electron chi connectivity index (χ3n) is 8.46. The second-order valence-corrected chi connectivity index (χ2v) is 116. The second-order valence-electron chi connectivity index (χ2n) is 16.5. The Kier molecular flexibility index (Phi) is 9.43. The summed E-state index contributed by atoms with van der Waals surface area (Å²) in [6.07, 6.45) is 0. The minimum atomic E-state index is -2.34. The van der Waals surface area contributed by atoms with Gasteiger partial charge < -0.3 is 0 Å². The molecule has 0 atom stereocenters. The van der Waals surface area contributed by atoms with Gasteiger partial charge in [0.15, 0.2) is 0 Å². The predicted octanol–water partition coefficient (Wildman–Crippen LogP) is 11.1. The van der Waals surface area contributed by atoms with Gasteiger partial charge in [-0.3, -0.25) is 0 Å². The van der Waals surface area contributed by atoms with Crippen LogP contribution in [0.25, 0.3) is 0 Å². The molecular weight excluding hydrogens is 714 g/mol. The van der Waals surface area contributed by atoms with Crippen LogP contribution in [0.2, 0.25) is 124 Å². The summed E-state index contributed by atoms with van der Waals surface area (Å²) in [4.78, 5) is 0. The van der Waals surface area contributed by atoms with Gasteiger partial charge in [0, 0.05) is 0 Å². The molecule has 2 aliphatic heterocycles. The van der Waals surface area contributed by atoms with E-state index in [1.807, 2.05) is 0 Å². The van der Waals surface area contributed by atoms with E-state index >= 15 is 0 Å². The molecule has 0 spiro atoms. The minimum absolute atomic E-state index is 0.792. The molecule has 33 heavy (non-hydrogen) atoms. The summed E-state index contributed by atoms with van der Waals surface area (Å²) in [5, 5.41) is 0. The molecule has 2 heterocycles. The molecule has 2 aliphatic rings. The average Bonchev–Trinajstić information content (AvgIpc) is 2.94. The monoisotopic (exact) mass is 770 g/mol. The van der Waals surface area contributed by atoms with Crippen molar-refractivity contribution in [1.29, 1.82) is 0 Å². The molecule has 0 aromatic carbocycles. The van der Waals surface area contributed by atoms with E-state index in [4.69, 9.17) is 0 Å². The molecule has 0 aliphatic carbocycles. The summed E-state index contributed by atoms with van der Waals surface area (Å²) in [5.41, 5.74) is 0. The maximum atomic E-state index is 2.94. The summed E-state index contributed by atoms with van der Waals surface area (Å²) < 4.78 is 1.58. The number of fused-ring (bicyclic) bond motifs is 2. The molecule has 0 amide bonds. The second kappa shape index (κ2) is 9.33. The zero-order valence-electron chi connectivity index (χ0n) is 25.0. The van der Waals surface area contributed by atoms with Crippen LogP contribution in [0.1, 0.15) is 0 Å². The zero-order chi connectivity index (χ0) is 26.5. The van der Waals surface area contributed by atoms with E-state index in [0.717, 1.165) is 6.23 Å². The van der Waals surface area contributed by atoms with E-state index in [0.29, 0.717) is 0 Å². The number of hydrogen-bond donors (Lipinski definition) is 0. The molecule has 0 nitrogen and oxygen atoms in total. The van der Waals surface area contributed by atoms with Crippen molar-refractivity contribution in [2.45, 2.75) is 124 Å². The van der Waals surface area contributed by atoms with Crippen molar-refractivity contribution in [2.24, 2.45) is 0 Å². The van der Waals surface area contributed by atoms with Crippen LogP contribution in [-0.2, 0) is 0 Å². The molecule has 2 fully saturated rings. The van der Waals surface area contributed by atoms with Crippen LogP contribution in [0.5, 0.6) is 0 Å². The van der Waals surface area contributed by atoms with Crippen LogP contribution in [0.4, 0.5) is 0 Å². The van der Waals surface area contributed by atoms with Gasteiger partial charge in [0.05, 0.1) is 0 Å². The van der Waals surface area contributed by atoms with Crippen LogP contribution in [0.3, 0.4) is 0 Å².